The van der Waals surface area contributed by atoms with Crippen LogP contribution in [0.1, 0.15) is 5.56 Å². The first-order valence-corrected chi connectivity index (χ1v) is 9.37. The highest BCUT2D eigenvalue weighted by Crippen LogP contribution is 2.24. The van der Waals surface area contributed by atoms with Crippen LogP contribution in [0.15, 0.2) is 60.0 Å². The van der Waals surface area contributed by atoms with Gasteiger partial charge in [-0.15, -0.1) is 0 Å². The number of benzene rings is 1. The first-order valence-electron chi connectivity index (χ1n) is 8.39. The van der Waals surface area contributed by atoms with Crippen molar-refractivity contribution < 1.29 is 9.59 Å². The normalized spacial score (nSPS) is 14.3. The van der Waals surface area contributed by atoms with Gasteiger partial charge in [0, 0.05) is 30.3 Å². The fourth-order valence-electron chi connectivity index (χ4n) is 2.95. The molecule has 7 nitrogen and oxygen atoms in total. The van der Waals surface area contributed by atoms with Crippen molar-refractivity contribution in [3.63, 3.8) is 0 Å². The fourth-order valence-corrected chi connectivity index (χ4v) is 3.70. The quantitative estimate of drug-likeness (QED) is 0.756. The van der Waals surface area contributed by atoms with E-state index in [1.54, 1.807) is 24.4 Å². The molecule has 2 amide bonds. The molecule has 0 saturated carbocycles. The van der Waals surface area contributed by atoms with E-state index < -0.39 is 0 Å². The zero-order valence-corrected chi connectivity index (χ0v) is 15.4. The Morgan fingerprint density at radius 2 is 2.04 bits per heavy atom. The molecule has 0 spiro atoms. The van der Waals surface area contributed by atoms with Gasteiger partial charge in [0.1, 0.15) is 5.82 Å². The van der Waals surface area contributed by atoms with E-state index in [4.69, 9.17) is 0 Å². The van der Waals surface area contributed by atoms with E-state index >= 15 is 0 Å². The number of hydrogen-bond donors (Lipinski definition) is 1. The second-order valence-electron chi connectivity index (χ2n) is 6.10. The van der Waals surface area contributed by atoms with Crippen LogP contribution in [0.25, 0.3) is 10.9 Å². The Kier molecular flexibility index (Phi) is 4.64. The molecule has 0 radical (unpaired) electrons. The zero-order chi connectivity index (χ0) is 18.8. The molecule has 136 valence electrons. The number of rotatable bonds is 4. The molecule has 1 N–H and O–H groups in total. The summed E-state index contributed by atoms with van der Waals surface area (Å²) >= 11 is 1.14. The maximum Gasteiger partial charge on any atom is 0.283 e. The van der Waals surface area contributed by atoms with Crippen molar-refractivity contribution in [3.8, 4) is 0 Å². The zero-order valence-electron chi connectivity index (χ0n) is 14.6. The molecule has 0 atom stereocenters. The summed E-state index contributed by atoms with van der Waals surface area (Å²) in [5.41, 5.74) is 2.07. The third-order valence-corrected chi connectivity index (χ3v) is 5.16. The van der Waals surface area contributed by atoms with Gasteiger partial charge in [-0.2, -0.15) is 5.10 Å². The number of pyridine rings is 1. The van der Waals surface area contributed by atoms with Crippen molar-refractivity contribution in [2.24, 2.45) is 12.1 Å². The van der Waals surface area contributed by atoms with Gasteiger partial charge in [0.15, 0.2) is 5.04 Å². The van der Waals surface area contributed by atoms with E-state index in [0.29, 0.717) is 12.4 Å². The van der Waals surface area contributed by atoms with Gasteiger partial charge < -0.3 is 9.88 Å². The number of anilines is 1. The number of carbonyl (C=O) groups excluding carboxylic acids is 2. The van der Waals surface area contributed by atoms with Crippen LogP contribution in [-0.4, -0.2) is 37.2 Å². The lowest BCUT2D eigenvalue weighted by Gasteiger charge is -2.22. The third-order valence-electron chi connectivity index (χ3n) is 4.23. The van der Waals surface area contributed by atoms with Gasteiger partial charge in [-0.1, -0.05) is 36.0 Å². The highest BCUT2D eigenvalue weighted by atomic mass is 32.2. The molecule has 27 heavy (non-hydrogen) atoms. The van der Waals surface area contributed by atoms with Gasteiger partial charge in [0.05, 0.1) is 12.3 Å². The molecule has 3 heterocycles. The van der Waals surface area contributed by atoms with Gasteiger partial charge in [0.25, 0.3) is 11.8 Å². The van der Waals surface area contributed by atoms with Crippen LogP contribution >= 0.6 is 11.8 Å². The van der Waals surface area contributed by atoms with Gasteiger partial charge in [-0.05, 0) is 23.8 Å². The van der Waals surface area contributed by atoms with Crippen molar-refractivity contribution in [1.29, 1.82) is 0 Å². The average Bonchev–Trinajstić information content (AvgIpc) is 3.00. The van der Waals surface area contributed by atoms with E-state index in [9.17, 15) is 9.59 Å². The molecule has 3 aromatic rings. The predicted octanol–water partition coefficient (Wildman–Crippen LogP) is 2.60. The first kappa shape index (κ1) is 17.3. The number of thioether (sulfide) groups is 1. The smallest absolute Gasteiger partial charge is 0.283 e. The predicted molar refractivity (Wildman–Crippen MR) is 106 cm³/mol. The molecule has 0 bridgehead atoms. The highest BCUT2D eigenvalue weighted by molar-refractivity contribution is 8.16. The first-order chi connectivity index (χ1) is 13.1. The molecule has 1 aliphatic rings. The van der Waals surface area contributed by atoms with Gasteiger partial charge >= 0.3 is 0 Å². The van der Waals surface area contributed by atoms with Crippen molar-refractivity contribution in [1.82, 2.24) is 14.6 Å². The molecule has 0 unspecified atom stereocenters. The second kappa shape index (κ2) is 7.24. The van der Waals surface area contributed by atoms with Crippen molar-refractivity contribution in [2.75, 3.05) is 11.1 Å². The molecule has 0 fully saturated rings. The van der Waals surface area contributed by atoms with E-state index in [0.717, 1.165) is 28.2 Å². The number of hydrazone groups is 1. The monoisotopic (exact) mass is 379 g/mol. The van der Waals surface area contributed by atoms with Crippen LogP contribution in [0, 0.1) is 0 Å². The summed E-state index contributed by atoms with van der Waals surface area (Å²) < 4.78 is 2.02. The summed E-state index contributed by atoms with van der Waals surface area (Å²) in [5.74, 6) is 0.138. The average molecular weight is 379 g/mol. The van der Waals surface area contributed by atoms with Gasteiger partial charge in [-0.25, -0.2) is 9.99 Å². The topological polar surface area (TPSA) is 79.6 Å². The number of nitrogens with zero attached hydrogens (tertiary/aromatic N) is 4. The number of nitrogens with one attached hydrogen (secondary N) is 1. The molecule has 2 aromatic heterocycles. The second-order valence-corrected chi connectivity index (χ2v) is 7.06. The number of carbonyl (C=O) groups is 2. The lowest BCUT2D eigenvalue weighted by atomic mass is 10.2. The number of para-hydroxylation sites is 1. The maximum atomic E-state index is 12.4. The van der Waals surface area contributed by atoms with E-state index in [-0.39, 0.29) is 22.6 Å². The Morgan fingerprint density at radius 3 is 2.85 bits per heavy atom. The lowest BCUT2D eigenvalue weighted by molar-refractivity contribution is -0.129. The molecular weight excluding hydrogens is 362 g/mol. The van der Waals surface area contributed by atoms with Crippen molar-refractivity contribution >= 4 is 45.3 Å². The number of hydrogen-bond acceptors (Lipinski definition) is 5. The molecule has 8 heteroatoms. The number of aryl methyl sites for hydroxylation is 1. The van der Waals surface area contributed by atoms with Crippen LogP contribution in [0.4, 0.5) is 5.82 Å². The Balaban J connectivity index is 1.57. The molecule has 1 aliphatic heterocycles. The summed E-state index contributed by atoms with van der Waals surface area (Å²) in [6.45, 7) is 0.321. The molecule has 1 aromatic carbocycles. The van der Waals surface area contributed by atoms with Gasteiger partial charge in [-0.3, -0.25) is 9.59 Å². The minimum absolute atomic E-state index is 0.123. The third kappa shape index (κ3) is 3.56. The molecule has 4 rings (SSSR count). The van der Waals surface area contributed by atoms with E-state index in [1.807, 2.05) is 42.1 Å². The summed E-state index contributed by atoms with van der Waals surface area (Å²) in [5, 5.41) is 9.67. The van der Waals surface area contributed by atoms with Crippen molar-refractivity contribution in [3.05, 3.63) is 60.4 Å². The Labute approximate surface area is 160 Å². The van der Waals surface area contributed by atoms with Gasteiger partial charge in [0.2, 0.25) is 0 Å². The maximum absolute atomic E-state index is 12.4. The SMILES string of the molecule is Cn1cc(CN2N=C(C(=O)Nc3ccccn3)SCC2=O)c2ccccc21. The fraction of sp³-hybridized carbons (Fsp3) is 0.158. The van der Waals surface area contributed by atoms with Crippen LogP contribution in [-0.2, 0) is 23.2 Å². The summed E-state index contributed by atoms with van der Waals surface area (Å²) in [6.07, 6.45) is 3.59. The summed E-state index contributed by atoms with van der Waals surface area (Å²) in [7, 11) is 1.97. The standard InChI is InChI=1S/C19H17N5O2S/c1-23-10-13(14-6-2-3-7-15(14)23)11-24-17(25)12-27-19(22-24)18(26)21-16-8-4-5-9-20-16/h2-10H,11-12H2,1H3,(H,20,21,26). The summed E-state index contributed by atoms with van der Waals surface area (Å²) in [6, 6.07) is 13.3. The number of amides is 2. The van der Waals surface area contributed by atoms with Crippen LogP contribution in [0.5, 0.6) is 0 Å². The molecular formula is C19H17N5O2S. The molecule has 0 saturated heterocycles. The van der Waals surface area contributed by atoms with E-state index in [1.165, 1.54) is 5.01 Å². The Bertz CT molecular complexity index is 1040. The van der Waals surface area contributed by atoms with E-state index in [2.05, 4.69) is 15.4 Å². The largest absolute Gasteiger partial charge is 0.350 e. The summed E-state index contributed by atoms with van der Waals surface area (Å²) in [4.78, 5) is 28.8. The minimum Gasteiger partial charge on any atom is -0.350 e. The van der Waals surface area contributed by atoms with Crippen LogP contribution < -0.4 is 5.32 Å². The highest BCUT2D eigenvalue weighted by Gasteiger charge is 2.26. The Hall–Kier alpha value is -3.13. The Morgan fingerprint density at radius 1 is 1.22 bits per heavy atom. The van der Waals surface area contributed by atoms with Crippen LogP contribution in [0.2, 0.25) is 0 Å². The number of fused-ring (bicyclic) bond motifs is 1. The molecule has 0 aliphatic carbocycles. The van der Waals surface area contributed by atoms with Crippen LogP contribution in [0.3, 0.4) is 0 Å². The minimum atomic E-state index is -0.367. The number of aromatic nitrogens is 2. The van der Waals surface area contributed by atoms with Crippen molar-refractivity contribution in [2.45, 2.75) is 6.54 Å². The lowest BCUT2D eigenvalue weighted by Crippen LogP contribution is -2.35.